The molecular weight excluding hydrogens is 546 g/mol. The molecule has 2 heterocycles. The summed E-state index contributed by atoms with van der Waals surface area (Å²) in [6.45, 7) is 0. The van der Waals surface area contributed by atoms with Crippen LogP contribution in [0.2, 0.25) is 10.0 Å². The molecule has 31 heavy (non-hydrogen) atoms. The van der Waals surface area contributed by atoms with Gasteiger partial charge in [-0.2, -0.15) is 0 Å². The predicted octanol–water partition coefficient (Wildman–Crippen LogP) is 5.90. The number of hydrogen-bond donors (Lipinski definition) is 1. The maximum Gasteiger partial charge on any atom is 0.280 e. The molecule has 5 nitrogen and oxygen atoms in total. The topological polar surface area (TPSA) is 73.8 Å². The third kappa shape index (κ3) is 3.54. The van der Waals surface area contributed by atoms with E-state index in [1.54, 1.807) is 36.4 Å². The molecule has 5 aromatic rings. The molecule has 0 bridgehead atoms. The van der Waals surface area contributed by atoms with Gasteiger partial charge in [0.1, 0.15) is 5.52 Å². The molecule has 0 amide bonds. The first-order valence-electron chi connectivity index (χ1n) is 9.25. The Kier molecular flexibility index (Phi) is 5.08. The molecule has 3 aromatic carbocycles. The number of aromatic nitrogens is 3. The first-order valence-corrected chi connectivity index (χ1v) is 11.1. The largest absolute Gasteiger partial charge is 0.334 e. The maximum absolute atomic E-state index is 13.5. The maximum atomic E-state index is 13.5. The molecular formula is C23H13Cl2IN4O. The van der Waals surface area contributed by atoms with Gasteiger partial charge in [0, 0.05) is 30.1 Å². The lowest BCUT2D eigenvalue weighted by Gasteiger charge is -2.14. The quantitative estimate of drug-likeness (QED) is 0.166. The molecule has 2 N–H and O–H groups in total. The van der Waals surface area contributed by atoms with Crippen molar-refractivity contribution in [2.45, 2.75) is 0 Å². The van der Waals surface area contributed by atoms with Gasteiger partial charge < -0.3 is 5.84 Å². The van der Waals surface area contributed by atoms with Crippen LogP contribution < -0.4 is 11.4 Å². The van der Waals surface area contributed by atoms with Gasteiger partial charge in [-0.25, -0.2) is 14.6 Å². The fourth-order valence-corrected chi connectivity index (χ4v) is 4.28. The minimum atomic E-state index is -0.348. The summed E-state index contributed by atoms with van der Waals surface area (Å²) in [5, 5.41) is 2.33. The lowest BCUT2D eigenvalue weighted by molar-refractivity contribution is 0.928. The molecule has 0 aliphatic carbocycles. The van der Waals surface area contributed by atoms with Gasteiger partial charge in [0.05, 0.1) is 16.6 Å². The summed E-state index contributed by atoms with van der Waals surface area (Å²) in [4.78, 5) is 23.1. The molecule has 2 aromatic heterocycles. The van der Waals surface area contributed by atoms with Gasteiger partial charge in [0.15, 0.2) is 5.82 Å². The average Bonchev–Trinajstić information content (AvgIpc) is 2.76. The van der Waals surface area contributed by atoms with Crippen molar-refractivity contribution in [3.05, 3.63) is 90.7 Å². The van der Waals surface area contributed by atoms with Gasteiger partial charge in [-0.05, 0) is 77.2 Å². The van der Waals surface area contributed by atoms with E-state index in [9.17, 15) is 4.79 Å². The Morgan fingerprint density at radius 2 is 1.45 bits per heavy atom. The summed E-state index contributed by atoms with van der Waals surface area (Å²) in [6.07, 6.45) is 0. The van der Waals surface area contributed by atoms with Crippen molar-refractivity contribution in [1.29, 1.82) is 0 Å². The van der Waals surface area contributed by atoms with Gasteiger partial charge in [-0.1, -0.05) is 35.3 Å². The molecule has 0 aliphatic rings. The number of halogens is 3. The highest BCUT2D eigenvalue weighted by atomic mass is 127. The zero-order valence-electron chi connectivity index (χ0n) is 15.8. The zero-order valence-corrected chi connectivity index (χ0v) is 19.5. The first-order chi connectivity index (χ1) is 14.9. The summed E-state index contributed by atoms with van der Waals surface area (Å²) < 4.78 is 2.06. The zero-order chi connectivity index (χ0) is 21.7. The van der Waals surface area contributed by atoms with E-state index in [1.165, 1.54) is 0 Å². The number of fused-ring (bicyclic) bond motifs is 3. The van der Waals surface area contributed by atoms with Crippen LogP contribution in [0.25, 0.3) is 44.5 Å². The molecule has 0 aliphatic heterocycles. The van der Waals surface area contributed by atoms with Crippen molar-refractivity contribution >= 4 is 67.6 Å². The van der Waals surface area contributed by atoms with Crippen LogP contribution in [0.4, 0.5) is 0 Å². The Bertz CT molecular complexity index is 1530. The number of hydrogen-bond acceptors (Lipinski definition) is 4. The van der Waals surface area contributed by atoms with E-state index in [2.05, 4.69) is 22.6 Å². The fourth-order valence-electron chi connectivity index (χ4n) is 3.54. The van der Waals surface area contributed by atoms with Crippen molar-refractivity contribution in [2.75, 3.05) is 5.84 Å². The smallest absolute Gasteiger partial charge is 0.280 e. The molecule has 0 unspecified atom stereocenters. The molecule has 0 fully saturated rings. The lowest BCUT2D eigenvalue weighted by Crippen LogP contribution is -2.30. The van der Waals surface area contributed by atoms with Crippen LogP contribution in [0, 0.1) is 3.57 Å². The van der Waals surface area contributed by atoms with E-state index in [0.29, 0.717) is 48.9 Å². The van der Waals surface area contributed by atoms with E-state index in [0.717, 1.165) is 13.8 Å². The Balaban J connectivity index is 1.95. The summed E-state index contributed by atoms with van der Waals surface area (Å²) in [7, 11) is 0. The van der Waals surface area contributed by atoms with Crippen LogP contribution in [-0.2, 0) is 0 Å². The van der Waals surface area contributed by atoms with Crippen molar-refractivity contribution < 1.29 is 0 Å². The van der Waals surface area contributed by atoms with Gasteiger partial charge >= 0.3 is 0 Å². The summed E-state index contributed by atoms with van der Waals surface area (Å²) >= 11 is 14.3. The molecule has 8 heteroatoms. The minimum absolute atomic E-state index is 0.330. The number of benzene rings is 3. The predicted molar refractivity (Wildman–Crippen MR) is 135 cm³/mol. The first kappa shape index (κ1) is 20.2. The Labute approximate surface area is 200 Å². The Hall–Kier alpha value is -2.68. The highest BCUT2D eigenvalue weighted by molar-refractivity contribution is 14.1. The summed E-state index contributed by atoms with van der Waals surface area (Å²) in [5.74, 6) is 6.56. The van der Waals surface area contributed by atoms with Crippen LogP contribution in [-0.4, -0.2) is 14.6 Å². The summed E-state index contributed by atoms with van der Waals surface area (Å²) in [5.41, 5.74) is 2.90. The van der Waals surface area contributed by atoms with E-state index >= 15 is 0 Å². The normalized spacial score (nSPS) is 11.3. The van der Waals surface area contributed by atoms with Crippen LogP contribution in [0.15, 0.2) is 71.5 Å². The van der Waals surface area contributed by atoms with Gasteiger partial charge in [0.2, 0.25) is 0 Å². The van der Waals surface area contributed by atoms with Gasteiger partial charge in [-0.3, -0.25) is 4.79 Å². The molecule has 0 spiro atoms. The van der Waals surface area contributed by atoms with E-state index in [-0.39, 0.29) is 5.56 Å². The van der Waals surface area contributed by atoms with E-state index in [4.69, 9.17) is 39.0 Å². The second-order valence-corrected chi connectivity index (χ2v) is 9.09. The van der Waals surface area contributed by atoms with E-state index < -0.39 is 0 Å². The van der Waals surface area contributed by atoms with Crippen LogP contribution in [0.3, 0.4) is 0 Å². The second kappa shape index (κ2) is 7.78. The molecule has 0 atom stereocenters. The number of pyridine rings is 1. The highest BCUT2D eigenvalue weighted by Gasteiger charge is 2.19. The van der Waals surface area contributed by atoms with Gasteiger partial charge in [-0.15, -0.1) is 0 Å². The van der Waals surface area contributed by atoms with Crippen LogP contribution >= 0.6 is 45.8 Å². The molecule has 5 rings (SSSR count). The van der Waals surface area contributed by atoms with Crippen molar-refractivity contribution in [2.24, 2.45) is 0 Å². The standard InChI is InChI=1S/C23H13Cl2IN4O/c24-14-5-1-12(2-6-14)20-21-19(17-11-16(26)9-10-18(17)28-20)23(31)30(27)22(29-21)13-3-7-15(25)8-4-13/h1-11H,27H2. The molecule has 0 saturated carbocycles. The van der Waals surface area contributed by atoms with E-state index in [1.807, 2.05) is 30.3 Å². The van der Waals surface area contributed by atoms with Crippen LogP contribution in [0.1, 0.15) is 0 Å². The number of rotatable bonds is 2. The average molecular weight is 559 g/mol. The monoisotopic (exact) mass is 558 g/mol. The Morgan fingerprint density at radius 3 is 2.10 bits per heavy atom. The van der Waals surface area contributed by atoms with Crippen molar-refractivity contribution in [3.63, 3.8) is 0 Å². The third-order valence-corrected chi connectivity index (χ3v) is 6.19. The number of nitrogens with zero attached hydrogens (tertiary/aromatic N) is 3. The second-order valence-electron chi connectivity index (χ2n) is 6.97. The van der Waals surface area contributed by atoms with Crippen molar-refractivity contribution in [1.82, 2.24) is 14.6 Å². The SMILES string of the molecule is Nn1c(-c2ccc(Cl)cc2)nc2c(-c3ccc(Cl)cc3)nc3ccc(I)cc3c2c1=O. The van der Waals surface area contributed by atoms with Gasteiger partial charge in [0.25, 0.3) is 5.56 Å². The Morgan fingerprint density at radius 1 is 0.839 bits per heavy atom. The number of nitrogens with two attached hydrogens (primary N) is 1. The van der Waals surface area contributed by atoms with Crippen LogP contribution in [0.5, 0.6) is 0 Å². The fraction of sp³-hybridized carbons (Fsp3) is 0. The molecule has 0 radical (unpaired) electrons. The lowest BCUT2D eigenvalue weighted by atomic mass is 10.0. The third-order valence-electron chi connectivity index (χ3n) is 5.02. The molecule has 0 saturated heterocycles. The summed E-state index contributed by atoms with van der Waals surface area (Å²) in [6, 6.07) is 20.1. The van der Waals surface area contributed by atoms with Crippen molar-refractivity contribution in [3.8, 4) is 22.6 Å². The highest BCUT2D eigenvalue weighted by Crippen LogP contribution is 2.32. The molecule has 152 valence electrons. The minimum Gasteiger partial charge on any atom is -0.334 e. The number of nitrogen functional groups attached to an aromatic ring is 1.